The Bertz CT molecular complexity index is 1050. The molecule has 3 aromatic carbocycles. The fraction of sp³-hybridized carbons (Fsp3) is 0.120. The van der Waals surface area contributed by atoms with Crippen LogP contribution in [0.15, 0.2) is 78.9 Å². The van der Waals surface area contributed by atoms with Crippen LogP contribution >= 0.6 is 0 Å². The van der Waals surface area contributed by atoms with Gasteiger partial charge in [0.05, 0.1) is 7.11 Å². The molecule has 3 rings (SSSR count). The van der Waals surface area contributed by atoms with Crippen LogP contribution in [0.1, 0.15) is 11.1 Å². The average molecular weight is 399 g/mol. The molecule has 0 saturated heterocycles. The number of hydrogen-bond acceptors (Lipinski definition) is 5. The molecular formula is C25H21NO4. The Kier molecular flexibility index (Phi) is 7.23. The Balaban J connectivity index is 1.55. The highest BCUT2D eigenvalue weighted by Crippen LogP contribution is 2.28. The summed E-state index contributed by atoms with van der Waals surface area (Å²) in [4.78, 5) is 12.0. The quantitative estimate of drug-likeness (QED) is 0.393. The van der Waals surface area contributed by atoms with Crippen LogP contribution in [0.5, 0.6) is 11.5 Å². The molecule has 30 heavy (non-hydrogen) atoms. The van der Waals surface area contributed by atoms with E-state index < -0.39 is 5.97 Å². The molecule has 0 spiro atoms. The lowest BCUT2D eigenvalue weighted by atomic mass is 10.0. The van der Waals surface area contributed by atoms with Gasteiger partial charge >= 0.3 is 5.97 Å². The van der Waals surface area contributed by atoms with Crippen LogP contribution < -0.4 is 9.47 Å². The predicted octanol–water partition coefficient (Wildman–Crippen LogP) is 5.02. The molecule has 0 aliphatic carbocycles. The van der Waals surface area contributed by atoms with Crippen LogP contribution in [-0.2, 0) is 16.1 Å². The number of ether oxygens (including phenoxy) is 3. The minimum Gasteiger partial charge on any atom is -0.493 e. The van der Waals surface area contributed by atoms with Crippen LogP contribution in [0.4, 0.5) is 0 Å². The van der Waals surface area contributed by atoms with E-state index in [2.05, 4.69) is 12.1 Å². The van der Waals surface area contributed by atoms with Crippen molar-refractivity contribution in [3.63, 3.8) is 0 Å². The molecule has 0 fully saturated rings. The first-order valence-corrected chi connectivity index (χ1v) is 9.36. The third-order valence-corrected chi connectivity index (χ3v) is 4.33. The number of rotatable bonds is 8. The standard InChI is InChI=1S/C25H21NO4/c1-28-24-17-19(9-13-23(24)29-16-15-26)10-14-25(27)30-18-20-7-11-22(12-8-20)21-5-3-2-4-6-21/h2-14,17H,16,18H2,1H3/b14-10+. The first-order valence-electron chi connectivity index (χ1n) is 9.36. The van der Waals surface area contributed by atoms with Crippen LogP contribution in [0.2, 0.25) is 0 Å². The van der Waals surface area contributed by atoms with Crippen LogP contribution in [0.3, 0.4) is 0 Å². The van der Waals surface area contributed by atoms with Crippen molar-refractivity contribution in [3.05, 3.63) is 90.0 Å². The molecule has 0 bridgehead atoms. The molecule has 0 radical (unpaired) electrons. The van der Waals surface area contributed by atoms with Gasteiger partial charge in [-0.25, -0.2) is 4.79 Å². The second-order valence-corrected chi connectivity index (χ2v) is 6.36. The van der Waals surface area contributed by atoms with E-state index in [9.17, 15) is 4.79 Å². The fourth-order valence-electron chi connectivity index (χ4n) is 2.81. The van der Waals surface area contributed by atoms with Crippen LogP contribution in [0.25, 0.3) is 17.2 Å². The monoisotopic (exact) mass is 399 g/mol. The van der Waals surface area contributed by atoms with Crippen molar-refractivity contribution in [2.45, 2.75) is 6.61 Å². The van der Waals surface area contributed by atoms with Gasteiger partial charge in [-0.05, 0) is 40.5 Å². The zero-order valence-electron chi connectivity index (χ0n) is 16.6. The summed E-state index contributed by atoms with van der Waals surface area (Å²) in [5.41, 5.74) is 3.92. The number of hydrogen-bond donors (Lipinski definition) is 0. The maximum absolute atomic E-state index is 12.0. The number of esters is 1. The summed E-state index contributed by atoms with van der Waals surface area (Å²) >= 11 is 0. The summed E-state index contributed by atoms with van der Waals surface area (Å²) in [6.45, 7) is 0.132. The van der Waals surface area contributed by atoms with Gasteiger partial charge < -0.3 is 14.2 Å². The minimum atomic E-state index is -0.439. The van der Waals surface area contributed by atoms with Crippen molar-refractivity contribution in [2.75, 3.05) is 13.7 Å². The molecule has 0 amide bonds. The second-order valence-electron chi connectivity index (χ2n) is 6.36. The SMILES string of the molecule is COc1cc(/C=C/C(=O)OCc2ccc(-c3ccccc3)cc2)ccc1OCC#N. The van der Waals surface area contributed by atoms with Gasteiger partial charge in [-0.15, -0.1) is 0 Å². The first-order chi connectivity index (χ1) is 14.7. The molecular weight excluding hydrogens is 378 g/mol. The van der Waals surface area contributed by atoms with E-state index in [1.165, 1.54) is 13.2 Å². The van der Waals surface area contributed by atoms with Gasteiger partial charge in [0.25, 0.3) is 0 Å². The molecule has 3 aromatic rings. The number of carbonyl (C=O) groups is 1. The summed E-state index contributed by atoms with van der Waals surface area (Å²) in [6.07, 6.45) is 3.00. The lowest BCUT2D eigenvalue weighted by Gasteiger charge is -2.08. The number of carbonyl (C=O) groups excluding carboxylic acids is 1. The number of methoxy groups -OCH3 is 1. The van der Waals surface area contributed by atoms with E-state index in [0.717, 1.165) is 22.3 Å². The molecule has 0 saturated carbocycles. The lowest BCUT2D eigenvalue weighted by molar-refractivity contribution is -0.138. The Morgan fingerprint density at radius 2 is 1.70 bits per heavy atom. The molecule has 5 nitrogen and oxygen atoms in total. The molecule has 0 unspecified atom stereocenters. The van der Waals surface area contributed by atoms with Crippen LogP contribution in [-0.4, -0.2) is 19.7 Å². The third kappa shape index (κ3) is 5.73. The average Bonchev–Trinajstić information content (AvgIpc) is 2.81. The van der Waals surface area contributed by atoms with Gasteiger partial charge in [0.15, 0.2) is 18.1 Å². The molecule has 0 aromatic heterocycles. The van der Waals surface area contributed by atoms with E-state index in [1.54, 1.807) is 24.3 Å². The normalized spacial score (nSPS) is 10.4. The number of benzene rings is 3. The lowest BCUT2D eigenvalue weighted by Crippen LogP contribution is -2.00. The Morgan fingerprint density at radius 3 is 2.40 bits per heavy atom. The maximum atomic E-state index is 12.0. The molecule has 0 aliphatic heterocycles. The summed E-state index contributed by atoms with van der Waals surface area (Å²) < 4.78 is 15.8. The van der Waals surface area contributed by atoms with Crippen molar-refractivity contribution >= 4 is 12.0 Å². The van der Waals surface area contributed by atoms with Crippen molar-refractivity contribution in [1.82, 2.24) is 0 Å². The number of nitrogens with zero attached hydrogens (tertiary/aromatic N) is 1. The van der Waals surface area contributed by atoms with E-state index in [1.807, 2.05) is 48.5 Å². The number of nitriles is 1. The maximum Gasteiger partial charge on any atom is 0.331 e. The van der Waals surface area contributed by atoms with Gasteiger partial charge in [-0.3, -0.25) is 0 Å². The van der Waals surface area contributed by atoms with Crippen molar-refractivity contribution < 1.29 is 19.0 Å². The fourth-order valence-corrected chi connectivity index (χ4v) is 2.81. The molecule has 5 heteroatoms. The predicted molar refractivity (Wildman–Crippen MR) is 115 cm³/mol. The smallest absolute Gasteiger partial charge is 0.331 e. The van der Waals surface area contributed by atoms with E-state index in [-0.39, 0.29) is 13.2 Å². The topological polar surface area (TPSA) is 68.6 Å². The third-order valence-electron chi connectivity index (χ3n) is 4.33. The van der Waals surface area contributed by atoms with Gasteiger partial charge in [0.2, 0.25) is 0 Å². The Morgan fingerprint density at radius 1 is 0.967 bits per heavy atom. The highest BCUT2D eigenvalue weighted by molar-refractivity contribution is 5.87. The van der Waals surface area contributed by atoms with Crippen LogP contribution in [0, 0.1) is 11.3 Å². The summed E-state index contributed by atoms with van der Waals surface area (Å²) in [5.74, 6) is 0.517. The van der Waals surface area contributed by atoms with Crippen molar-refractivity contribution in [1.29, 1.82) is 5.26 Å². The second kappa shape index (κ2) is 10.5. The van der Waals surface area contributed by atoms with Crippen molar-refractivity contribution in [3.8, 4) is 28.7 Å². The minimum absolute atomic E-state index is 0.0653. The highest BCUT2D eigenvalue weighted by Gasteiger charge is 2.05. The Hall–Kier alpha value is -4.04. The first kappa shape index (κ1) is 20.7. The van der Waals surface area contributed by atoms with Gasteiger partial charge in [0, 0.05) is 6.08 Å². The van der Waals surface area contributed by atoms with Gasteiger partial charge in [0.1, 0.15) is 12.7 Å². The van der Waals surface area contributed by atoms with E-state index >= 15 is 0 Å². The molecule has 0 heterocycles. The summed E-state index contributed by atoms with van der Waals surface area (Å²) in [6, 6.07) is 25.1. The summed E-state index contributed by atoms with van der Waals surface area (Å²) in [7, 11) is 1.51. The zero-order chi connectivity index (χ0) is 21.2. The van der Waals surface area contributed by atoms with Crippen molar-refractivity contribution in [2.24, 2.45) is 0 Å². The highest BCUT2D eigenvalue weighted by atomic mass is 16.5. The summed E-state index contributed by atoms with van der Waals surface area (Å²) in [5, 5.41) is 8.61. The molecule has 0 N–H and O–H groups in total. The largest absolute Gasteiger partial charge is 0.493 e. The van der Waals surface area contributed by atoms with E-state index in [4.69, 9.17) is 19.5 Å². The molecule has 150 valence electrons. The van der Waals surface area contributed by atoms with E-state index in [0.29, 0.717) is 11.5 Å². The zero-order valence-corrected chi connectivity index (χ0v) is 16.6. The van der Waals surface area contributed by atoms with Gasteiger partial charge in [-0.2, -0.15) is 5.26 Å². The molecule has 0 atom stereocenters. The van der Waals surface area contributed by atoms with Gasteiger partial charge in [-0.1, -0.05) is 60.7 Å². The molecule has 0 aliphatic rings. The Labute approximate surface area is 175 Å².